The van der Waals surface area contributed by atoms with E-state index in [1.807, 2.05) is 18.2 Å². The second-order valence-electron chi connectivity index (χ2n) is 7.65. The number of hydrogen-bond donors (Lipinski definition) is 1. The van der Waals surface area contributed by atoms with Crippen molar-refractivity contribution in [3.63, 3.8) is 0 Å². The maximum Gasteiger partial charge on any atom is 0.422 e. The highest BCUT2D eigenvalue weighted by Crippen LogP contribution is 2.21. The standard InChI is InChI=1S/C20H26F3N3O3/c21-20(22,23)14-29-19(28)26-10-6-16(7-11-26)18(27)24-17-8-9-25(13-17)12-15-4-2-1-3-5-15/h1-5,16-17H,6-14H2,(H,24,27). The number of rotatable bonds is 5. The van der Waals surface area contributed by atoms with E-state index in [2.05, 4.69) is 27.1 Å². The minimum Gasteiger partial charge on any atom is -0.440 e. The Bertz CT molecular complexity index is 691. The first kappa shape index (κ1) is 21.4. The summed E-state index contributed by atoms with van der Waals surface area (Å²) in [5.74, 6) is -0.273. The van der Waals surface area contributed by atoms with Gasteiger partial charge in [-0.15, -0.1) is 0 Å². The van der Waals surface area contributed by atoms with E-state index in [1.165, 1.54) is 10.5 Å². The monoisotopic (exact) mass is 413 g/mol. The summed E-state index contributed by atoms with van der Waals surface area (Å²) < 4.78 is 40.7. The third-order valence-corrected chi connectivity index (χ3v) is 5.35. The summed E-state index contributed by atoms with van der Waals surface area (Å²) >= 11 is 0. The van der Waals surface area contributed by atoms with E-state index >= 15 is 0 Å². The van der Waals surface area contributed by atoms with E-state index < -0.39 is 18.9 Å². The van der Waals surface area contributed by atoms with Crippen molar-refractivity contribution in [3.8, 4) is 0 Å². The molecule has 2 amide bonds. The van der Waals surface area contributed by atoms with Crippen LogP contribution < -0.4 is 5.32 Å². The van der Waals surface area contributed by atoms with Crippen LogP contribution in [0.15, 0.2) is 30.3 Å². The number of piperidine rings is 1. The molecule has 1 atom stereocenters. The molecule has 1 aromatic carbocycles. The van der Waals surface area contributed by atoms with Gasteiger partial charge in [-0.1, -0.05) is 30.3 Å². The zero-order chi connectivity index (χ0) is 20.9. The third kappa shape index (κ3) is 6.62. The first-order chi connectivity index (χ1) is 13.8. The zero-order valence-corrected chi connectivity index (χ0v) is 16.2. The molecule has 0 saturated carbocycles. The van der Waals surface area contributed by atoms with Gasteiger partial charge in [0.1, 0.15) is 0 Å². The number of carbonyl (C=O) groups is 2. The van der Waals surface area contributed by atoms with Gasteiger partial charge in [-0.25, -0.2) is 4.79 Å². The smallest absolute Gasteiger partial charge is 0.422 e. The lowest BCUT2D eigenvalue weighted by molar-refractivity contribution is -0.162. The number of halogens is 3. The van der Waals surface area contributed by atoms with Crippen molar-refractivity contribution < 1.29 is 27.5 Å². The molecule has 0 radical (unpaired) electrons. The van der Waals surface area contributed by atoms with Crippen molar-refractivity contribution in [1.29, 1.82) is 0 Å². The van der Waals surface area contributed by atoms with Crippen molar-refractivity contribution in [2.75, 3.05) is 32.8 Å². The Labute approximate surface area is 168 Å². The van der Waals surface area contributed by atoms with E-state index in [4.69, 9.17) is 0 Å². The van der Waals surface area contributed by atoms with Crippen molar-refractivity contribution in [1.82, 2.24) is 15.1 Å². The number of hydrogen-bond acceptors (Lipinski definition) is 4. The van der Waals surface area contributed by atoms with Gasteiger partial charge in [-0.2, -0.15) is 13.2 Å². The van der Waals surface area contributed by atoms with Gasteiger partial charge in [0.15, 0.2) is 6.61 Å². The van der Waals surface area contributed by atoms with Crippen LogP contribution in [0.2, 0.25) is 0 Å². The van der Waals surface area contributed by atoms with Crippen molar-refractivity contribution >= 4 is 12.0 Å². The predicted octanol–water partition coefficient (Wildman–Crippen LogP) is 2.79. The van der Waals surface area contributed by atoms with Crippen LogP contribution in [-0.4, -0.2) is 66.8 Å². The second-order valence-corrected chi connectivity index (χ2v) is 7.65. The molecule has 0 aliphatic carbocycles. The summed E-state index contributed by atoms with van der Waals surface area (Å²) in [6.45, 7) is 1.42. The molecule has 2 aliphatic rings. The first-order valence-electron chi connectivity index (χ1n) is 9.85. The van der Waals surface area contributed by atoms with E-state index in [0.29, 0.717) is 12.8 Å². The number of nitrogens with zero attached hydrogens (tertiary/aromatic N) is 2. The van der Waals surface area contributed by atoms with Gasteiger partial charge in [0.2, 0.25) is 5.91 Å². The summed E-state index contributed by atoms with van der Waals surface area (Å²) in [5.41, 5.74) is 1.24. The van der Waals surface area contributed by atoms with Crippen LogP contribution in [-0.2, 0) is 16.1 Å². The van der Waals surface area contributed by atoms with Crippen LogP contribution in [0, 0.1) is 5.92 Å². The highest BCUT2D eigenvalue weighted by molar-refractivity contribution is 5.79. The number of alkyl halides is 3. The van der Waals surface area contributed by atoms with E-state index in [1.54, 1.807) is 0 Å². The summed E-state index contributed by atoms with van der Waals surface area (Å²) in [4.78, 5) is 27.8. The summed E-state index contributed by atoms with van der Waals surface area (Å²) in [6.07, 6.45) is -3.78. The van der Waals surface area contributed by atoms with E-state index in [0.717, 1.165) is 26.1 Å². The lowest BCUT2D eigenvalue weighted by Gasteiger charge is -2.31. The SMILES string of the molecule is O=C(NC1CCN(Cc2ccccc2)C1)C1CCN(C(=O)OCC(F)(F)F)CC1. The highest BCUT2D eigenvalue weighted by atomic mass is 19.4. The topological polar surface area (TPSA) is 61.9 Å². The molecule has 2 aliphatic heterocycles. The van der Waals surface area contributed by atoms with Gasteiger partial charge in [-0.05, 0) is 24.8 Å². The van der Waals surface area contributed by atoms with Crippen molar-refractivity contribution in [2.24, 2.45) is 5.92 Å². The van der Waals surface area contributed by atoms with Gasteiger partial charge in [0, 0.05) is 44.7 Å². The molecule has 9 heteroatoms. The molecule has 2 heterocycles. The first-order valence-corrected chi connectivity index (χ1v) is 9.85. The fourth-order valence-corrected chi connectivity index (χ4v) is 3.81. The predicted molar refractivity (Wildman–Crippen MR) is 100.0 cm³/mol. The Morgan fingerprint density at radius 1 is 1.07 bits per heavy atom. The van der Waals surface area contributed by atoms with Crippen LogP contribution in [0.3, 0.4) is 0 Å². The highest BCUT2D eigenvalue weighted by Gasteiger charge is 2.33. The normalized spacial score (nSPS) is 21.2. The van der Waals surface area contributed by atoms with Crippen molar-refractivity contribution in [2.45, 2.75) is 38.0 Å². The fourth-order valence-electron chi connectivity index (χ4n) is 3.81. The molecular formula is C20H26F3N3O3. The molecule has 2 saturated heterocycles. The van der Waals surface area contributed by atoms with Crippen LogP contribution >= 0.6 is 0 Å². The minimum absolute atomic E-state index is 0.0418. The van der Waals surface area contributed by atoms with Crippen molar-refractivity contribution in [3.05, 3.63) is 35.9 Å². The number of amides is 2. The lowest BCUT2D eigenvalue weighted by Crippen LogP contribution is -2.46. The Hall–Kier alpha value is -2.29. The Kier molecular flexibility index (Phi) is 7.00. The molecule has 1 N–H and O–H groups in total. The molecule has 29 heavy (non-hydrogen) atoms. The maximum absolute atomic E-state index is 12.5. The fraction of sp³-hybridized carbons (Fsp3) is 0.600. The molecule has 6 nitrogen and oxygen atoms in total. The minimum atomic E-state index is -4.54. The van der Waals surface area contributed by atoms with Crippen LogP contribution in [0.25, 0.3) is 0 Å². The number of benzene rings is 1. The number of ether oxygens (including phenoxy) is 1. The van der Waals surface area contributed by atoms with Crippen LogP contribution in [0.5, 0.6) is 0 Å². The number of nitrogens with one attached hydrogen (secondary N) is 1. The molecule has 2 fully saturated rings. The van der Waals surface area contributed by atoms with Crippen LogP contribution in [0.4, 0.5) is 18.0 Å². The molecule has 0 bridgehead atoms. The Morgan fingerprint density at radius 2 is 1.76 bits per heavy atom. The molecule has 160 valence electrons. The number of carbonyl (C=O) groups excluding carboxylic acids is 2. The molecule has 0 aromatic heterocycles. The van der Waals surface area contributed by atoms with Gasteiger partial charge in [0.05, 0.1) is 0 Å². The summed E-state index contributed by atoms with van der Waals surface area (Å²) in [7, 11) is 0. The molecule has 1 unspecified atom stereocenters. The Morgan fingerprint density at radius 3 is 2.41 bits per heavy atom. The maximum atomic E-state index is 12.5. The summed E-state index contributed by atoms with van der Waals surface area (Å²) in [6, 6.07) is 10.3. The second kappa shape index (κ2) is 9.47. The van der Waals surface area contributed by atoms with Gasteiger partial charge in [0.25, 0.3) is 0 Å². The third-order valence-electron chi connectivity index (χ3n) is 5.35. The van der Waals surface area contributed by atoms with Crippen LogP contribution in [0.1, 0.15) is 24.8 Å². The largest absolute Gasteiger partial charge is 0.440 e. The average molecular weight is 413 g/mol. The Balaban J connectivity index is 1.37. The molecular weight excluding hydrogens is 387 g/mol. The molecule has 0 spiro atoms. The number of likely N-dealkylation sites (tertiary alicyclic amines) is 2. The molecule has 1 aromatic rings. The van der Waals surface area contributed by atoms with Gasteiger partial charge >= 0.3 is 12.3 Å². The zero-order valence-electron chi connectivity index (χ0n) is 16.2. The average Bonchev–Trinajstić information content (AvgIpc) is 3.13. The van der Waals surface area contributed by atoms with Gasteiger partial charge in [-0.3, -0.25) is 9.69 Å². The van der Waals surface area contributed by atoms with E-state index in [-0.39, 0.29) is 31.0 Å². The molecule has 3 rings (SSSR count). The summed E-state index contributed by atoms with van der Waals surface area (Å²) in [5, 5.41) is 3.09. The van der Waals surface area contributed by atoms with Gasteiger partial charge < -0.3 is 15.0 Å². The lowest BCUT2D eigenvalue weighted by atomic mass is 9.96. The van der Waals surface area contributed by atoms with E-state index in [9.17, 15) is 22.8 Å². The quantitative estimate of drug-likeness (QED) is 0.807.